The smallest absolute Gasteiger partial charge is 0.410 e. The lowest BCUT2D eigenvalue weighted by atomic mass is 9.70. The van der Waals surface area contributed by atoms with Crippen LogP contribution in [0.1, 0.15) is 149 Å². The molecule has 2 aliphatic carbocycles. The van der Waals surface area contributed by atoms with E-state index in [4.69, 9.17) is 4.74 Å². The molecule has 2 N–H and O–H groups in total. The Labute approximate surface area is 373 Å². The molecule has 3 aliphatic heterocycles. The first-order valence-corrected chi connectivity index (χ1v) is 23.5. The summed E-state index contributed by atoms with van der Waals surface area (Å²) in [6, 6.07) is 4.47. The average Bonchev–Trinajstić information content (AvgIpc) is 3.94. The monoisotopic (exact) mass is 874 g/mol. The standard InChI is InChI=1S/C49H71N5O9/c1-8-14-33(42(59)38(56)23-31-17-18-31)24-37(55)36-25-35(63-46(62)52-22-19-32-15-10-11-16-34(32)28-52)29-53(36)44(60)43(49(7)20-12-9-13-21-49)51-45(61)50-39(47(2,3)4)30-54-40(57)26-48(5,6)27-41(54)58/h10-11,15-16,31,33,35-36,39,43H,8-9,12-14,17-30H2,1-7H3,(H2,50,51,61)/t33?,35-,36+,39-,43-/m1/s1. The molecular weight excluding hydrogens is 803 g/mol. The molecule has 63 heavy (non-hydrogen) atoms. The summed E-state index contributed by atoms with van der Waals surface area (Å²) in [6.45, 7) is 14.1. The number of benzene rings is 1. The number of likely N-dealkylation sites (tertiary alicyclic amines) is 2. The highest BCUT2D eigenvalue weighted by molar-refractivity contribution is 6.38. The summed E-state index contributed by atoms with van der Waals surface area (Å²) in [7, 11) is 0. The maximum absolute atomic E-state index is 15.3. The molecule has 1 aromatic carbocycles. The highest BCUT2D eigenvalue weighted by atomic mass is 16.6. The summed E-state index contributed by atoms with van der Waals surface area (Å²) >= 11 is 0. The van der Waals surface area contributed by atoms with Crippen molar-refractivity contribution in [1.82, 2.24) is 25.3 Å². The molecule has 5 atom stereocenters. The number of imide groups is 1. The van der Waals surface area contributed by atoms with Crippen LogP contribution in [0.3, 0.4) is 0 Å². The van der Waals surface area contributed by atoms with Gasteiger partial charge in [0.2, 0.25) is 23.5 Å². The largest absolute Gasteiger partial charge is 0.444 e. The Morgan fingerprint density at radius 3 is 2.17 bits per heavy atom. The Morgan fingerprint density at radius 2 is 1.56 bits per heavy atom. The van der Waals surface area contributed by atoms with E-state index in [0.29, 0.717) is 45.2 Å². The molecule has 0 bridgehead atoms. The van der Waals surface area contributed by atoms with E-state index in [1.54, 1.807) is 4.90 Å². The molecule has 14 nitrogen and oxygen atoms in total. The summed E-state index contributed by atoms with van der Waals surface area (Å²) in [5, 5.41) is 6.03. The second-order valence-corrected chi connectivity index (χ2v) is 21.4. The minimum atomic E-state index is -1.09. The van der Waals surface area contributed by atoms with Crippen molar-refractivity contribution in [2.24, 2.45) is 28.1 Å². The number of carbonyl (C=O) groups excluding carboxylic acids is 8. The molecule has 5 aliphatic rings. The lowest BCUT2D eigenvalue weighted by molar-refractivity contribution is -0.153. The SMILES string of the molecule is CCCC(CC(=O)[C@@H]1C[C@@H](OC(=O)N2CCc3ccccc3C2)CN1C(=O)[C@@H](NC(=O)N[C@H](CN1C(=O)CC(C)(C)CC1=O)C(C)(C)C)C1(C)CCCCC1)C(=O)C(=O)CC1CC1. The van der Waals surface area contributed by atoms with Gasteiger partial charge in [-0.1, -0.05) is 98.4 Å². The number of Topliss-reactive ketones (excluding diaryl/α,β-unsaturated/α-hetero) is 3. The van der Waals surface area contributed by atoms with Gasteiger partial charge in [0.05, 0.1) is 18.6 Å². The Hall–Kier alpha value is -4.62. The van der Waals surface area contributed by atoms with Crippen molar-refractivity contribution in [1.29, 1.82) is 0 Å². The van der Waals surface area contributed by atoms with Crippen molar-refractivity contribution in [2.45, 2.75) is 176 Å². The second-order valence-electron chi connectivity index (χ2n) is 21.4. The number of piperidine rings is 1. The minimum Gasteiger partial charge on any atom is -0.444 e. The molecule has 0 aromatic heterocycles. The summed E-state index contributed by atoms with van der Waals surface area (Å²) < 4.78 is 6.10. The number of rotatable bonds is 16. The zero-order valence-corrected chi connectivity index (χ0v) is 38.7. The quantitative estimate of drug-likeness (QED) is 0.135. The molecule has 2 saturated heterocycles. The second kappa shape index (κ2) is 19.6. The third-order valence-corrected chi connectivity index (χ3v) is 14.3. The van der Waals surface area contributed by atoms with Crippen LogP contribution in [-0.4, -0.2) is 106 Å². The highest BCUT2D eigenvalue weighted by Gasteiger charge is 2.50. The van der Waals surface area contributed by atoms with E-state index in [9.17, 15) is 33.6 Å². The molecule has 4 fully saturated rings. The van der Waals surface area contributed by atoms with Gasteiger partial charge in [-0.25, -0.2) is 9.59 Å². The fraction of sp³-hybridized carbons (Fsp3) is 0.714. The van der Waals surface area contributed by atoms with Gasteiger partial charge in [-0.2, -0.15) is 0 Å². The number of hydrogen-bond donors (Lipinski definition) is 2. The minimum absolute atomic E-state index is 0.0141. The van der Waals surface area contributed by atoms with Gasteiger partial charge in [0.25, 0.3) is 0 Å². The number of ketones is 3. The predicted molar refractivity (Wildman–Crippen MR) is 236 cm³/mol. The number of urea groups is 1. The van der Waals surface area contributed by atoms with Gasteiger partial charge < -0.3 is 25.2 Å². The first-order valence-electron chi connectivity index (χ1n) is 23.5. The van der Waals surface area contributed by atoms with Crippen molar-refractivity contribution in [3.05, 3.63) is 35.4 Å². The highest BCUT2D eigenvalue weighted by Crippen LogP contribution is 2.41. The van der Waals surface area contributed by atoms with Gasteiger partial charge in [-0.15, -0.1) is 0 Å². The fourth-order valence-electron chi connectivity index (χ4n) is 10.1. The maximum atomic E-state index is 15.3. The molecule has 6 amide bonds. The van der Waals surface area contributed by atoms with Gasteiger partial charge in [0.1, 0.15) is 12.1 Å². The lowest BCUT2D eigenvalue weighted by Gasteiger charge is -2.43. The van der Waals surface area contributed by atoms with Gasteiger partial charge in [0.15, 0.2) is 11.6 Å². The van der Waals surface area contributed by atoms with Crippen LogP contribution >= 0.6 is 0 Å². The zero-order chi connectivity index (χ0) is 45.9. The average molecular weight is 874 g/mol. The van der Waals surface area contributed by atoms with Crippen LogP contribution in [0.4, 0.5) is 9.59 Å². The molecule has 6 rings (SSSR count). The molecule has 2 saturated carbocycles. The molecule has 1 unspecified atom stereocenters. The van der Waals surface area contributed by atoms with Gasteiger partial charge in [-0.05, 0) is 71.8 Å². The van der Waals surface area contributed by atoms with Gasteiger partial charge >= 0.3 is 12.1 Å². The normalized spacial score (nSPS) is 23.6. The Bertz CT molecular complexity index is 1910. The van der Waals surface area contributed by atoms with Crippen molar-refractivity contribution < 1.29 is 43.1 Å². The van der Waals surface area contributed by atoms with E-state index in [0.717, 1.165) is 37.7 Å². The van der Waals surface area contributed by atoms with E-state index in [2.05, 4.69) is 10.6 Å². The maximum Gasteiger partial charge on any atom is 0.410 e. The first-order chi connectivity index (χ1) is 29.7. The van der Waals surface area contributed by atoms with Crippen LogP contribution in [0.15, 0.2) is 24.3 Å². The summed E-state index contributed by atoms with van der Waals surface area (Å²) in [4.78, 5) is 115. The molecule has 14 heteroatoms. The number of nitrogens with zero attached hydrogens (tertiary/aromatic N) is 3. The third kappa shape index (κ3) is 11.9. The Kier molecular flexibility index (Phi) is 14.9. The Balaban J connectivity index is 1.25. The predicted octanol–water partition coefficient (Wildman–Crippen LogP) is 6.69. The van der Waals surface area contributed by atoms with Crippen LogP contribution in [0.5, 0.6) is 0 Å². The van der Waals surface area contributed by atoms with Crippen LogP contribution in [-0.2, 0) is 46.5 Å². The fourth-order valence-corrected chi connectivity index (χ4v) is 10.1. The molecular formula is C49H71N5O9. The number of nitrogens with one attached hydrogen (secondary N) is 2. The first kappa shape index (κ1) is 47.8. The number of amides is 6. The van der Waals surface area contributed by atoms with Crippen molar-refractivity contribution >= 4 is 47.2 Å². The van der Waals surface area contributed by atoms with E-state index in [1.807, 2.05) is 72.7 Å². The van der Waals surface area contributed by atoms with Crippen LogP contribution in [0.2, 0.25) is 0 Å². The number of hydrogen-bond acceptors (Lipinski definition) is 9. The zero-order valence-electron chi connectivity index (χ0n) is 38.7. The van der Waals surface area contributed by atoms with E-state index >= 15 is 4.79 Å². The number of ether oxygens (including phenoxy) is 1. The van der Waals surface area contributed by atoms with Crippen LogP contribution < -0.4 is 10.6 Å². The van der Waals surface area contributed by atoms with E-state index < -0.39 is 76.0 Å². The van der Waals surface area contributed by atoms with Gasteiger partial charge in [-0.3, -0.25) is 33.7 Å². The van der Waals surface area contributed by atoms with Crippen LogP contribution in [0, 0.1) is 28.1 Å². The van der Waals surface area contributed by atoms with E-state index in [-0.39, 0.29) is 68.7 Å². The topological polar surface area (TPSA) is 180 Å². The number of fused-ring (bicyclic) bond motifs is 1. The molecule has 3 heterocycles. The van der Waals surface area contributed by atoms with Gasteiger partial charge in [0, 0.05) is 57.7 Å². The molecule has 0 spiro atoms. The molecule has 346 valence electrons. The lowest BCUT2D eigenvalue weighted by Crippen LogP contribution is -2.63. The van der Waals surface area contributed by atoms with Crippen molar-refractivity contribution in [3.63, 3.8) is 0 Å². The Morgan fingerprint density at radius 1 is 0.905 bits per heavy atom. The molecule has 0 radical (unpaired) electrons. The van der Waals surface area contributed by atoms with Crippen molar-refractivity contribution in [3.8, 4) is 0 Å². The summed E-state index contributed by atoms with van der Waals surface area (Å²) in [6.07, 6.45) is 6.34. The van der Waals surface area contributed by atoms with Crippen LogP contribution in [0.25, 0.3) is 0 Å². The summed E-state index contributed by atoms with van der Waals surface area (Å²) in [5.41, 5.74) is 0.447. The number of carbonyl (C=O) groups is 8. The molecule has 1 aromatic rings. The third-order valence-electron chi connectivity index (χ3n) is 14.3. The summed E-state index contributed by atoms with van der Waals surface area (Å²) in [5.74, 6) is -3.07. The van der Waals surface area contributed by atoms with E-state index in [1.165, 1.54) is 15.4 Å². The van der Waals surface area contributed by atoms with Crippen molar-refractivity contribution in [2.75, 3.05) is 19.6 Å².